The van der Waals surface area contributed by atoms with Crippen LogP contribution in [0.25, 0.3) is 0 Å². The summed E-state index contributed by atoms with van der Waals surface area (Å²) in [4.78, 5) is 0. The molecule has 0 radical (unpaired) electrons. The third-order valence-corrected chi connectivity index (χ3v) is 5.35. The van der Waals surface area contributed by atoms with Crippen LogP contribution in [0.15, 0.2) is 0 Å². The van der Waals surface area contributed by atoms with Gasteiger partial charge in [-0.2, -0.15) is 0 Å². The third-order valence-electron chi connectivity index (χ3n) is 5.35. The summed E-state index contributed by atoms with van der Waals surface area (Å²) >= 11 is 0. The van der Waals surface area contributed by atoms with Crippen LogP contribution in [-0.4, -0.2) is 13.1 Å². The first-order valence-corrected chi connectivity index (χ1v) is 7.10. The minimum absolute atomic E-state index is 0.755. The molecule has 0 aromatic carbocycles. The fourth-order valence-corrected chi connectivity index (χ4v) is 4.37. The maximum atomic E-state index is 3.55. The highest BCUT2D eigenvalue weighted by Crippen LogP contribution is 2.48. The Morgan fingerprint density at radius 2 is 1.47 bits per heavy atom. The zero-order chi connectivity index (χ0) is 10.1. The van der Waals surface area contributed by atoms with Crippen LogP contribution in [0, 0.1) is 17.3 Å². The summed E-state index contributed by atoms with van der Waals surface area (Å²) in [6, 6.07) is 0. The average Bonchev–Trinajstić information content (AvgIpc) is 2.84. The minimum Gasteiger partial charge on any atom is -0.316 e. The van der Waals surface area contributed by atoms with Crippen LogP contribution >= 0.6 is 0 Å². The molecule has 0 atom stereocenters. The van der Waals surface area contributed by atoms with Gasteiger partial charge in [-0.1, -0.05) is 38.5 Å². The van der Waals surface area contributed by atoms with E-state index in [4.69, 9.17) is 0 Å². The van der Waals surface area contributed by atoms with Crippen LogP contribution in [0.3, 0.4) is 0 Å². The second-order valence-electron chi connectivity index (χ2n) is 6.30. The van der Waals surface area contributed by atoms with Gasteiger partial charge in [0.2, 0.25) is 0 Å². The predicted octanol–water partition coefficient (Wildman–Crippen LogP) is 3.35. The van der Waals surface area contributed by atoms with Crippen LogP contribution in [0.4, 0.5) is 0 Å². The van der Waals surface area contributed by atoms with E-state index in [0.29, 0.717) is 0 Å². The van der Waals surface area contributed by atoms with Gasteiger partial charge in [-0.15, -0.1) is 0 Å². The van der Waals surface area contributed by atoms with Crippen molar-refractivity contribution in [1.82, 2.24) is 5.32 Å². The van der Waals surface area contributed by atoms with Crippen molar-refractivity contribution in [2.24, 2.45) is 17.3 Å². The number of nitrogens with one attached hydrogen (secondary N) is 1. The first-order valence-electron chi connectivity index (χ1n) is 7.10. The van der Waals surface area contributed by atoms with E-state index >= 15 is 0 Å². The van der Waals surface area contributed by atoms with Gasteiger partial charge in [-0.05, 0) is 36.5 Å². The molecule has 3 rings (SSSR count). The minimum atomic E-state index is 0.755. The molecule has 0 amide bonds. The Kier molecular flexibility index (Phi) is 2.76. The van der Waals surface area contributed by atoms with Gasteiger partial charge in [0.05, 0.1) is 0 Å². The summed E-state index contributed by atoms with van der Waals surface area (Å²) in [6.07, 6.45) is 13.8. The summed E-state index contributed by atoms with van der Waals surface area (Å²) < 4.78 is 0. The van der Waals surface area contributed by atoms with Crippen molar-refractivity contribution < 1.29 is 0 Å². The monoisotopic (exact) mass is 207 g/mol. The standard InChI is InChI=1S/C14H25N/c1-2-6-12(5-1)9-14(10-15-11-14)13-7-3-4-8-13/h12-13,15H,1-11H2. The fraction of sp³-hybridized carbons (Fsp3) is 1.00. The highest BCUT2D eigenvalue weighted by atomic mass is 15.0. The van der Waals surface area contributed by atoms with Crippen LogP contribution in [0.2, 0.25) is 0 Å². The zero-order valence-corrected chi connectivity index (χ0v) is 9.93. The van der Waals surface area contributed by atoms with E-state index in [1.807, 2.05) is 0 Å². The Morgan fingerprint density at radius 1 is 0.867 bits per heavy atom. The van der Waals surface area contributed by atoms with Gasteiger partial charge in [0, 0.05) is 13.1 Å². The van der Waals surface area contributed by atoms with E-state index in [2.05, 4.69) is 5.32 Å². The number of hydrogen-bond acceptors (Lipinski definition) is 1. The molecular weight excluding hydrogens is 182 g/mol. The zero-order valence-electron chi connectivity index (χ0n) is 9.93. The van der Waals surface area contributed by atoms with Gasteiger partial charge >= 0.3 is 0 Å². The van der Waals surface area contributed by atoms with Crippen molar-refractivity contribution in [3.8, 4) is 0 Å². The van der Waals surface area contributed by atoms with Crippen molar-refractivity contribution >= 4 is 0 Å². The Bertz CT molecular complexity index is 207. The lowest BCUT2D eigenvalue weighted by atomic mass is 9.65. The topological polar surface area (TPSA) is 12.0 Å². The maximum absolute atomic E-state index is 3.55. The molecule has 1 heterocycles. The molecule has 0 unspecified atom stereocenters. The molecule has 1 heteroatoms. The van der Waals surface area contributed by atoms with Gasteiger partial charge in [0.15, 0.2) is 0 Å². The molecule has 1 N–H and O–H groups in total. The average molecular weight is 207 g/mol. The fourth-order valence-electron chi connectivity index (χ4n) is 4.37. The maximum Gasteiger partial charge on any atom is 0.00230 e. The Morgan fingerprint density at radius 3 is 2.00 bits per heavy atom. The van der Waals surface area contributed by atoms with Crippen molar-refractivity contribution in [1.29, 1.82) is 0 Å². The lowest BCUT2D eigenvalue weighted by Gasteiger charge is -2.49. The van der Waals surface area contributed by atoms with Crippen molar-refractivity contribution in [2.45, 2.75) is 57.8 Å². The lowest BCUT2D eigenvalue weighted by molar-refractivity contribution is 0.0501. The second kappa shape index (κ2) is 4.08. The smallest absolute Gasteiger partial charge is 0.00230 e. The van der Waals surface area contributed by atoms with E-state index in [9.17, 15) is 0 Å². The molecule has 3 aliphatic rings. The molecular formula is C14H25N. The highest BCUT2D eigenvalue weighted by molar-refractivity contribution is 5.00. The van der Waals surface area contributed by atoms with Crippen molar-refractivity contribution in [3.05, 3.63) is 0 Å². The third kappa shape index (κ3) is 1.84. The van der Waals surface area contributed by atoms with Gasteiger partial charge in [0.1, 0.15) is 0 Å². The number of hydrogen-bond donors (Lipinski definition) is 1. The quantitative estimate of drug-likeness (QED) is 0.748. The van der Waals surface area contributed by atoms with E-state index in [-0.39, 0.29) is 0 Å². The molecule has 2 aliphatic carbocycles. The van der Waals surface area contributed by atoms with Crippen LogP contribution in [0.1, 0.15) is 57.8 Å². The van der Waals surface area contributed by atoms with Gasteiger partial charge in [-0.3, -0.25) is 0 Å². The summed E-state index contributed by atoms with van der Waals surface area (Å²) in [5, 5.41) is 3.55. The van der Waals surface area contributed by atoms with E-state index in [1.54, 1.807) is 6.42 Å². The first kappa shape index (κ1) is 10.1. The van der Waals surface area contributed by atoms with E-state index in [1.165, 1.54) is 64.5 Å². The van der Waals surface area contributed by atoms with Gasteiger partial charge in [0.25, 0.3) is 0 Å². The van der Waals surface area contributed by atoms with Gasteiger partial charge < -0.3 is 5.32 Å². The van der Waals surface area contributed by atoms with Crippen molar-refractivity contribution in [2.75, 3.05) is 13.1 Å². The molecule has 0 aromatic rings. The molecule has 3 fully saturated rings. The van der Waals surface area contributed by atoms with Crippen LogP contribution in [-0.2, 0) is 0 Å². The van der Waals surface area contributed by atoms with Crippen LogP contribution in [0.5, 0.6) is 0 Å². The highest BCUT2D eigenvalue weighted by Gasteiger charge is 2.45. The Labute approximate surface area is 94.0 Å². The lowest BCUT2D eigenvalue weighted by Crippen LogP contribution is -2.57. The summed E-state index contributed by atoms with van der Waals surface area (Å²) in [5.41, 5.74) is 0.755. The molecule has 86 valence electrons. The second-order valence-corrected chi connectivity index (χ2v) is 6.30. The molecule has 0 spiro atoms. The summed E-state index contributed by atoms with van der Waals surface area (Å²) in [7, 11) is 0. The molecule has 15 heavy (non-hydrogen) atoms. The summed E-state index contributed by atoms with van der Waals surface area (Å²) in [6.45, 7) is 2.68. The SMILES string of the molecule is C1CCC(CC2(C3CCCC3)CNC2)C1. The molecule has 1 aliphatic heterocycles. The molecule has 1 saturated heterocycles. The Hall–Kier alpha value is -0.0400. The Balaban J connectivity index is 1.63. The first-order chi connectivity index (χ1) is 7.39. The number of rotatable bonds is 3. The molecule has 0 aromatic heterocycles. The van der Waals surface area contributed by atoms with Gasteiger partial charge in [-0.25, -0.2) is 0 Å². The molecule has 2 saturated carbocycles. The largest absolute Gasteiger partial charge is 0.316 e. The normalized spacial score (nSPS) is 32.0. The molecule has 0 bridgehead atoms. The van der Waals surface area contributed by atoms with Crippen molar-refractivity contribution in [3.63, 3.8) is 0 Å². The van der Waals surface area contributed by atoms with Crippen LogP contribution < -0.4 is 5.32 Å². The molecule has 1 nitrogen and oxygen atoms in total. The van der Waals surface area contributed by atoms with E-state index < -0.39 is 0 Å². The van der Waals surface area contributed by atoms with E-state index in [0.717, 1.165) is 17.3 Å². The predicted molar refractivity (Wildman–Crippen MR) is 63.8 cm³/mol. The summed E-state index contributed by atoms with van der Waals surface area (Å²) in [5.74, 6) is 2.17.